The molecule has 2 rings (SSSR count). The van der Waals surface area contributed by atoms with Crippen molar-refractivity contribution in [2.45, 2.75) is 32.4 Å². The van der Waals surface area contributed by atoms with Crippen molar-refractivity contribution in [2.75, 3.05) is 11.6 Å². The number of amides is 2. The number of nitrogens with zero attached hydrogens (tertiary/aromatic N) is 1. The first kappa shape index (κ1) is 14.9. The van der Waals surface area contributed by atoms with Crippen molar-refractivity contribution >= 4 is 23.6 Å². The third-order valence-electron chi connectivity index (χ3n) is 3.47. The predicted molar refractivity (Wildman–Crippen MR) is 81.6 cm³/mol. The van der Waals surface area contributed by atoms with Gasteiger partial charge in [0.2, 0.25) is 5.91 Å². The molecule has 0 spiro atoms. The molecule has 0 aromatic heterocycles. The van der Waals surface area contributed by atoms with E-state index < -0.39 is 0 Å². The minimum atomic E-state index is -0.360. The summed E-state index contributed by atoms with van der Waals surface area (Å²) in [4.78, 5) is 26.4. The second-order valence-electron chi connectivity index (χ2n) is 4.97. The zero-order valence-electron chi connectivity index (χ0n) is 11.8. The van der Waals surface area contributed by atoms with Crippen LogP contribution in [0.4, 0.5) is 0 Å². The summed E-state index contributed by atoms with van der Waals surface area (Å²) in [5.41, 5.74) is 0.635. The molecule has 4 nitrogen and oxygen atoms in total. The fraction of sp³-hybridized carbons (Fsp3) is 0.467. The van der Waals surface area contributed by atoms with Crippen molar-refractivity contribution in [2.24, 2.45) is 0 Å². The fourth-order valence-corrected chi connectivity index (χ4v) is 3.20. The molecule has 0 bridgehead atoms. The maximum absolute atomic E-state index is 12.4. The fourth-order valence-electron chi connectivity index (χ4n) is 2.05. The Hall–Kier alpha value is -1.49. The van der Waals surface area contributed by atoms with E-state index in [0.29, 0.717) is 17.2 Å². The molecule has 1 aromatic rings. The zero-order valence-corrected chi connectivity index (χ0v) is 12.7. The summed E-state index contributed by atoms with van der Waals surface area (Å²) < 4.78 is 0. The molecule has 20 heavy (non-hydrogen) atoms. The zero-order chi connectivity index (χ0) is 14.5. The van der Waals surface area contributed by atoms with E-state index in [9.17, 15) is 9.59 Å². The number of benzene rings is 1. The Morgan fingerprint density at radius 1 is 1.40 bits per heavy atom. The van der Waals surface area contributed by atoms with Gasteiger partial charge in [0.15, 0.2) is 0 Å². The van der Waals surface area contributed by atoms with Crippen LogP contribution in [0.15, 0.2) is 30.3 Å². The van der Waals surface area contributed by atoms with Gasteiger partial charge in [-0.05, 0) is 25.5 Å². The molecule has 1 aliphatic heterocycles. The third-order valence-corrected chi connectivity index (χ3v) is 4.48. The monoisotopic (exact) mass is 292 g/mol. The van der Waals surface area contributed by atoms with E-state index in [4.69, 9.17) is 0 Å². The second kappa shape index (κ2) is 6.79. The number of carbonyl (C=O) groups excluding carboxylic acids is 2. The van der Waals surface area contributed by atoms with Crippen LogP contribution >= 0.6 is 11.8 Å². The lowest BCUT2D eigenvalue weighted by Crippen LogP contribution is -2.49. The van der Waals surface area contributed by atoms with E-state index >= 15 is 0 Å². The molecule has 1 aliphatic rings. The lowest BCUT2D eigenvalue weighted by atomic mass is 10.1. The SMILES string of the molecule is CCC(C)NC(=O)C1CSCN1C(=O)c1ccccc1. The molecule has 1 heterocycles. The van der Waals surface area contributed by atoms with Gasteiger partial charge in [0, 0.05) is 17.4 Å². The third kappa shape index (κ3) is 3.33. The minimum absolute atomic E-state index is 0.0476. The van der Waals surface area contributed by atoms with Crippen LogP contribution in [0, 0.1) is 0 Å². The van der Waals surface area contributed by atoms with Crippen LogP contribution < -0.4 is 5.32 Å². The van der Waals surface area contributed by atoms with E-state index in [2.05, 4.69) is 5.32 Å². The van der Waals surface area contributed by atoms with Gasteiger partial charge in [0.25, 0.3) is 5.91 Å². The van der Waals surface area contributed by atoms with Crippen molar-refractivity contribution in [1.82, 2.24) is 10.2 Å². The summed E-state index contributed by atoms with van der Waals surface area (Å²) in [6.45, 7) is 4.00. The largest absolute Gasteiger partial charge is 0.352 e. The number of nitrogens with one attached hydrogen (secondary N) is 1. The van der Waals surface area contributed by atoms with Crippen molar-refractivity contribution in [3.05, 3.63) is 35.9 Å². The Balaban J connectivity index is 2.07. The molecule has 2 atom stereocenters. The first-order valence-electron chi connectivity index (χ1n) is 6.87. The number of carbonyl (C=O) groups is 2. The summed E-state index contributed by atoms with van der Waals surface area (Å²) in [5.74, 6) is 1.13. The maximum Gasteiger partial charge on any atom is 0.255 e. The first-order valence-corrected chi connectivity index (χ1v) is 8.03. The van der Waals surface area contributed by atoms with Crippen LogP contribution in [0.3, 0.4) is 0 Å². The highest BCUT2D eigenvalue weighted by atomic mass is 32.2. The van der Waals surface area contributed by atoms with Crippen molar-refractivity contribution in [3.8, 4) is 0 Å². The molecule has 0 saturated carbocycles. The van der Waals surface area contributed by atoms with Gasteiger partial charge < -0.3 is 10.2 Å². The summed E-state index contributed by atoms with van der Waals surface area (Å²) >= 11 is 1.62. The average molecular weight is 292 g/mol. The molecule has 1 N–H and O–H groups in total. The predicted octanol–water partition coefficient (Wildman–Crippen LogP) is 2.12. The number of rotatable bonds is 4. The minimum Gasteiger partial charge on any atom is -0.352 e. The Kier molecular flexibility index (Phi) is 5.06. The van der Waals surface area contributed by atoms with E-state index in [0.717, 1.165) is 6.42 Å². The molecular weight excluding hydrogens is 272 g/mol. The van der Waals surface area contributed by atoms with E-state index in [1.807, 2.05) is 32.0 Å². The van der Waals surface area contributed by atoms with Gasteiger partial charge in [-0.3, -0.25) is 9.59 Å². The first-order chi connectivity index (χ1) is 9.63. The van der Waals surface area contributed by atoms with Gasteiger partial charge in [-0.15, -0.1) is 11.8 Å². The smallest absolute Gasteiger partial charge is 0.255 e. The highest BCUT2D eigenvalue weighted by Crippen LogP contribution is 2.23. The highest BCUT2D eigenvalue weighted by Gasteiger charge is 2.35. The van der Waals surface area contributed by atoms with Crippen LogP contribution in [0.1, 0.15) is 30.6 Å². The Morgan fingerprint density at radius 3 is 2.75 bits per heavy atom. The van der Waals surface area contributed by atoms with Gasteiger partial charge in [0.1, 0.15) is 6.04 Å². The van der Waals surface area contributed by atoms with E-state index in [1.165, 1.54) is 0 Å². The van der Waals surface area contributed by atoms with Crippen LogP contribution in [0.25, 0.3) is 0 Å². The molecule has 1 fully saturated rings. The molecule has 0 aliphatic carbocycles. The molecule has 0 radical (unpaired) electrons. The van der Waals surface area contributed by atoms with Gasteiger partial charge in [-0.1, -0.05) is 25.1 Å². The average Bonchev–Trinajstić information content (AvgIpc) is 2.96. The topological polar surface area (TPSA) is 49.4 Å². The molecule has 1 aromatic carbocycles. The number of hydrogen-bond acceptors (Lipinski definition) is 3. The molecule has 2 amide bonds. The molecular formula is C15H20N2O2S. The summed E-state index contributed by atoms with van der Waals surface area (Å²) in [5, 5.41) is 2.96. The maximum atomic E-state index is 12.4. The molecule has 108 valence electrons. The van der Waals surface area contributed by atoms with Gasteiger partial charge >= 0.3 is 0 Å². The van der Waals surface area contributed by atoms with Crippen LogP contribution in [0.2, 0.25) is 0 Å². The molecule has 2 unspecified atom stereocenters. The summed E-state index contributed by atoms with van der Waals surface area (Å²) in [6, 6.07) is 8.91. The Bertz CT molecular complexity index is 478. The normalized spacial score (nSPS) is 19.7. The number of thioether (sulfide) groups is 1. The molecule has 5 heteroatoms. The second-order valence-corrected chi connectivity index (χ2v) is 5.97. The summed E-state index contributed by atoms with van der Waals surface area (Å²) in [7, 11) is 0. The Morgan fingerprint density at radius 2 is 2.10 bits per heavy atom. The van der Waals surface area contributed by atoms with Crippen molar-refractivity contribution < 1.29 is 9.59 Å². The lowest BCUT2D eigenvalue weighted by Gasteiger charge is -2.24. The lowest BCUT2D eigenvalue weighted by molar-refractivity contribution is -0.125. The number of hydrogen-bond donors (Lipinski definition) is 1. The van der Waals surface area contributed by atoms with Gasteiger partial charge in [0.05, 0.1) is 5.88 Å². The van der Waals surface area contributed by atoms with E-state index in [1.54, 1.807) is 28.8 Å². The van der Waals surface area contributed by atoms with Crippen LogP contribution in [0.5, 0.6) is 0 Å². The van der Waals surface area contributed by atoms with E-state index in [-0.39, 0.29) is 23.9 Å². The van der Waals surface area contributed by atoms with Crippen LogP contribution in [-0.2, 0) is 4.79 Å². The highest BCUT2D eigenvalue weighted by molar-refractivity contribution is 7.99. The standard InChI is InChI=1S/C15H20N2O2S/c1-3-11(2)16-14(18)13-9-20-10-17(13)15(19)12-7-5-4-6-8-12/h4-8,11,13H,3,9-10H2,1-2H3,(H,16,18). The molecule has 1 saturated heterocycles. The van der Waals surface area contributed by atoms with Crippen molar-refractivity contribution in [3.63, 3.8) is 0 Å². The van der Waals surface area contributed by atoms with Gasteiger partial charge in [-0.2, -0.15) is 0 Å². The van der Waals surface area contributed by atoms with Crippen molar-refractivity contribution in [1.29, 1.82) is 0 Å². The van der Waals surface area contributed by atoms with Gasteiger partial charge in [-0.25, -0.2) is 0 Å². The van der Waals surface area contributed by atoms with Crippen LogP contribution in [-0.4, -0.2) is 40.4 Å². The summed E-state index contributed by atoms with van der Waals surface area (Å²) in [6.07, 6.45) is 0.887. The Labute approximate surface area is 123 Å². The quantitative estimate of drug-likeness (QED) is 0.924.